The van der Waals surface area contributed by atoms with E-state index in [9.17, 15) is 4.39 Å². The lowest BCUT2D eigenvalue weighted by atomic mass is 9.92. The number of hydrogen-bond donors (Lipinski definition) is 5. The molecule has 8 nitrogen and oxygen atoms in total. The molecule has 6 N–H and O–H groups in total. The third-order valence-electron chi connectivity index (χ3n) is 5.88. The number of nitrogens with zero attached hydrogens (tertiary/aromatic N) is 2. The molecule has 9 heteroatoms. The SMILES string of the molecule is CN/C=C1/C/C(N=N)=C(/NCC2CC2)c2cnc(N)c(c2)OC(C)c2cc(F)ccc2C1=N. The molecule has 1 aliphatic carbocycles. The summed E-state index contributed by atoms with van der Waals surface area (Å²) in [5, 5.41) is 19.2. The van der Waals surface area contributed by atoms with E-state index in [1.165, 1.54) is 25.0 Å². The van der Waals surface area contributed by atoms with E-state index in [1.807, 2.05) is 0 Å². The normalized spacial score (nSPS) is 22.0. The third kappa shape index (κ3) is 4.87. The van der Waals surface area contributed by atoms with Gasteiger partial charge in [0, 0.05) is 49.1 Å². The molecule has 1 aromatic carbocycles. The van der Waals surface area contributed by atoms with Crippen LogP contribution < -0.4 is 21.1 Å². The summed E-state index contributed by atoms with van der Waals surface area (Å²) in [6, 6.07) is 6.05. The summed E-state index contributed by atoms with van der Waals surface area (Å²) in [7, 11) is 1.75. The van der Waals surface area contributed by atoms with E-state index in [0.717, 1.165) is 6.54 Å². The van der Waals surface area contributed by atoms with E-state index in [1.54, 1.807) is 38.5 Å². The molecule has 2 aliphatic rings. The number of allylic oxidation sites excluding steroid dienone is 1. The van der Waals surface area contributed by atoms with Gasteiger partial charge in [0.1, 0.15) is 11.9 Å². The Morgan fingerprint density at radius 2 is 2.12 bits per heavy atom. The first-order valence-electron chi connectivity index (χ1n) is 10.9. The maximum atomic E-state index is 14.2. The van der Waals surface area contributed by atoms with Crippen LogP contribution in [0.2, 0.25) is 0 Å². The summed E-state index contributed by atoms with van der Waals surface area (Å²) in [6.45, 7) is 2.55. The minimum atomic E-state index is -0.585. The van der Waals surface area contributed by atoms with E-state index < -0.39 is 11.9 Å². The van der Waals surface area contributed by atoms with Crippen LogP contribution in [0.25, 0.3) is 5.70 Å². The summed E-state index contributed by atoms with van der Waals surface area (Å²) >= 11 is 0. The molecule has 0 saturated heterocycles. The third-order valence-corrected chi connectivity index (χ3v) is 5.88. The van der Waals surface area contributed by atoms with Crippen LogP contribution in [0.3, 0.4) is 0 Å². The first-order chi connectivity index (χ1) is 15.9. The summed E-state index contributed by atoms with van der Waals surface area (Å²) in [5.74, 6) is 0.729. The fourth-order valence-corrected chi connectivity index (χ4v) is 3.90. The van der Waals surface area contributed by atoms with Crippen LogP contribution in [0.15, 0.2) is 53.0 Å². The molecule has 0 spiro atoms. The second kappa shape index (κ2) is 9.40. The molecule has 33 heavy (non-hydrogen) atoms. The van der Waals surface area contributed by atoms with Gasteiger partial charge < -0.3 is 21.1 Å². The fourth-order valence-electron chi connectivity index (χ4n) is 3.90. The summed E-state index contributed by atoms with van der Waals surface area (Å²) < 4.78 is 20.3. The van der Waals surface area contributed by atoms with Crippen molar-refractivity contribution in [3.8, 4) is 5.75 Å². The highest BCUT2D eigenvalue weighted by Crippen LogP contribution is 2.35. The van der Waals surface area contributed by atoms with Gasteiger partial charge in [-0.05, 0) is 55.5 Å². The Hall–Kier alpha value is -3.75. The van der Waals surface area contributed by atoms with Gasteiger partial charge in [0.25, 0.3) is 0 Å². The van der Waals surface area contributed by atoms with Gasteiger partial charge in [-0.2, -0.15) is 5.11 Å². The number of hydrogen-bond acceptors (Lipinski definition) is 8. The molecule has 1 saturated carbocycles. The Morgan fingerprint density at radius 3 is 2.82 bits per heavy atom. The highest BCUT2D eigenvalue weighted by atomic mass is 19.1. The number of benzene rings is 1. The molecule has 4 rings (SSSR count). The number of pyridine rings is 1. The van der Waals surface area contributed by atoms with Crippen molar-refractivity contribution in [2.24, 2.45) is 11.0 Å². The van der Waals surface area contributed by atoms with E-state index in [0.29, 0.717) is 45.3 Å². The molecule has 172 valence electrons. The summed E-state index contributed by atoms with van der Waals surface area (Å²) in [5.41, 5.74) is 17.7. The first kappa shape index (κ1) is 22.4. The van der Waals surface area contributed by atoms with Crippen LogP contribution in [0.4, 0.5) is 10.2 Å². The number of aromatic nitrogens is 1. The topological polar surface area (TPSA) is 132 Å². The average molecular weight is 450 g/mol. The largest absolute Gasteiger partial charge is 0.482 e. The van der Waals surface area contributed by atoms with Crippen LogP contribution in [-0.2, 0) is 0 Å². The van der Waals surface area contributed by atoms with Gasteiger partial charge >= 0.3 is 0 Å². The number of ether oxygens (including phenoxy) is 1. The monoisotopic (exact) mass is 449 g/mol. The highest BCUT2D eigenvalue weighted by molar-refractivity contribution is 6.11. The van der Waals surface area contributed by atoms with Gasteiger partial charge in [-0.3, -0.25) is 5.41 Å². The van der Waals surface area contributed by atoms with Crippen molar-refractivity contribution in [1.82, 2.24) is 15.6 Å². The Balaban J connectivity index is 1.91. The zero-order valence-corrected chi connectivity index (χ0v) is 18.7. The Morgan fingerprint density at radius 1 is 1.33 bits per heavy atom. The lowest BCUT2D eigenvalue weighted by Crippen LogP contribution is -2.20. The molecule has 1 atom stereocenters. The van der Waals surface area contributed by atoms with Gasteiger partial charge in [-0.15, -0.1) is 0 Å². The van der Waals surface area contributed by atoms with Crippen LogP contribution in [0, 0.1) is 22.7 Å². The van der Waals surface area contributed by atoms with Gasteiger partial charge in [-0.25, -0.2) is 14.9 Å². The molecule has 1 aromatic heterocycles. The molecular formula is C24H28FN7O. The number of nitrogens with one attached hydrogen (secondary N) is 4. The number of nitrogen functional groups attached to an aromatic ring is 1. The zero-order chi connectivity index (χ0) is 23.5. The van der Waals surface area contributed by atoms with Crippen molar-refractivity contribution in [3.63, 3.8) is 0 Å². The average Bonchev–Trinajstić information content (AvgIpc) is 3.63. The van der Waals surface area contributed by atoms with Crippen LogP contribution in [0.1, 0.15) is 49.0 Å². The molecule has 2 aromatic rings. The molecule has 2 heterocycles. The minimum absolute atomic E-state index is 0.202. The second-order valence-electron chi connectivity index (χ2n) is 8.37. The molecule has 1 unspecified atom stereocenters. The standard InChI is InChI=1S/C24H28FN7O/c1-13-19-9-17(25)5-6-18(19)22(26)15(11-29-2)7-20(32-28)23(30-10-14-3-4-14)16-8-21(33-13)24(27)31-12-16/h5-6,8-9,11-14,26,28-30H,3-4,7,10H2,1-2H3,(H2,27,31)/b15-11-,23-20-,26-22?,32-28?. The Kier molecular flexibility index (Phi) is 6.39. The maximum absolute atomic E-state index is 14.2. The van der Waals surface area contributed by atoms with Crippen molar-refractivity contribution in [1.29, 1.82) is 10.9 Å². The fraction of sp³-hybridized carbons (Fsp3) is 0.333. The summed E-state index contributed by atoms with van der Waals surface area (Å²) in [6.07, 6.45) is 5.31. The molecule has 2 bridgehead atoms. The van der Waals surface area contributed by atoms with Crippen molar-refractivity contribution in [2.45, 2.75) is 32.3 Å². The number of halogens is 1. The molecular weight excluding hydrogens is 421 g/mol. The van der Waals surface area contributed by atoms with Gasteiger partial charge in [0.2, 0.25) is 0 Å². The smallest absolute Gasteiger partial charge is 0.166 e. The van der Waals surface area contributed by atoms with Gasteiger partial charge in [0.15, 0.2) is 11.6 Å². The number of anilines is 1. The molecule has 1 aliphatic heterocycles. The molecule has 0 radical (unpaired) electrons. The van der Waals surface area contributed by atoms with Gasteiger partial charge in [-0.1, -0.05) is 0 Å². The number of rotatable bonds is 5. The second-order valence-corrected chi connectivity index (χ2v) is 8.37. The molecule has 0 amide bonds. The van der Waals surface area contributed by atoms with Crippen molar-refractivity contribution >= 4 is 17.2 Å². The van der Waals surface area contributed by atoms with E-state index in [-0.39, 0.29) is 18.0 Å². The number of nitrogens with two attached hydrogens (primary N) is 1. The minimum Gasteiger partial charge on any atom is -0.482 e. The van der Waals surface area contributed by atoms with E-state index in [4.69, 9.17) is 21.4 Å². The maximum Gasteiger partial charge on any atom is 0.166 e. The Labute approximate surface area is 192 Å². The van der Waals surface area contributed by atoms with E-state index in [2.05, 4.69) is 20.7 Å². The van der Waals surface area contributed by atoms with Crippen molar-refractivity contribution in [2.75, 3.05) is 19.3 Å². The predicted octanol–water partition coefficient (Wildman–Crippen LogP) is 4.52. The van der Waals surface area contributed by atoms with Gasteiger partial charge in [0.05, 0.1) is 17.1 Å². The van der Waals surface area contributed by atoms with Crippen molar-refractivity contribution < 1.29 is 9.13 Å². The predicted molar refractivity (Wildman–Crippen MR) is 125 cm³/mol. The lowest BCUT2D eigenvalue weighted by molar-refractivity contribution is 0.227. The zero-order valence-electron chi connectivity index (χ0n) is 18.7. The first-order valence-corrected chi connectivity index (χ1v) is 10.9. The highest BCUT2D eigenvalue weighted by Gasteiger charge is 2.25. The summed E-state index contributed by atoms with van der Waals surface area (Å²) in [4.78, 5) is 4.30. The van der Waals surface area contributed by atoms with E-state index >= 15 is 0 Å². The lowest BCUT2D eigenvalue weighted by Gasteiger charge is -2.23. The van der Waals surface area contributed by atoms with Crippen LogP contribution >= 0.6 is 0 Å². The quantitative estimate of drug-likeness (QED) is 0.428. The Bertz CT molecular complexity index is 1150. The number of fused-ring (bicyclic) bond motifs is 3. The molecule has 1 fully saturated rings. The van der Waals surface area contributed by atoms with Crippen LogP contribution in [0.5, 0.6) is 5.75 Å². The van der Waals surface area contributed by atoms with Crippen molar-refractivity contribution in [3.05, 3.63) is 70.4 Å². The van der Waals surface area contributed by atoms with Crippen LogP contribution in [-0.4, -0.2) is 24.3 Å².